The van der Waals surface area contributed by atoms with Crippen molar-refractivity contribution in [3.8, 4) is 0 Å². The van der Waals surface area contributed by atoms with Gasteiger partial charge in [0.25, 0.3) is 0 Å². The van der Waals surface area contributed by atoms with Gasteiger partial charge in [-0.15, -0.1) is 0 Å². The van der Waals surface area contributed by atoms with Crippen molar-refractivity contribution in [2.45, 2.75) is 58.2 Å². The fourth-order valence-electron chi connectivity index (χ4n) is 3.29. The van der Waals surface area contributed by atoms with Crippen LogP contribution >= 0.6 is 27.5 Å². The highest BCUT2D eigenvalue weighted by Crippen LogP contribution is 2.51. The Labute approximate surface area is 131 Å². The minimum Gasteiger partial charge on any atom is -0.0840 e. The molecule has 0 N–H and O–H groups in total. The highest BCUT2D eigenvalue weighted by molar-refractivity contribution is 9.09. The molecule has 0 amide bonds. The van der Waals surface area contributed by atoms with Gasteiger partial charge in [0.05, 0.1) is 0 Å². The molecule has 1 aliphatic rings. The van der Waals surface area contributed by atoms with E-state index < -0.39 is 0 Å². The first-order valence-corrected chi connectivity index (χ1v) is 8.53. The second-order valence-corrected chi connectivity index (χ2v) is 8.09. The maximum Gasteiger partial charge on any atom is 0.0452 e. The highest BCUT2D eigenvalue weighted by atomic mass is 79.9. The summed E-state index contributed by atoms with van der Waals surface area (Å²) in [6.45, 7) is 9.10. The summed E-state index contributed by atoms with van der Waals surface area (Å²) in [6, 6.07) is 4.37. The van der Waals surface area contributed by atoms with E-state index >= 15 is 0 Å². The van der Waals surface area contributed by atoms with Gasteiger partial charge in [0.15, 0.2) is 0 Å². The molecule has 106 valence electrons. The maximum absolute atomic E-state index is 6.48. The smallest absolute Gasteiger partial charge is 0.0452 e. The monoisotopic (exact) mass is 342 g/mol. The molecule has 0 bridgehead atoms. The van der Waals surface area contributed by atoms with Crippen LogP contribution in [0.25, 0.3) is 0 Å². The molecule has 1 aromatic carbocycles. The van der Waals surface area contributed by atoms with Crippen molar-refractivity contribution < 1.29 is 0 Å². The van der Waals surface area contributed by atoms with Crippen molar-refractivity contribution in [3.05, 3.63) is 33.8 Å². The molecule has 0 nitrogen and oxygen atoms in total. The standard InChI is InChI=1S/C17H24BrCl/c1-11-9-13(15(19)10-12(11)2)16(18)14-7-5-6-8-17(14,3)4/h9-10,14,16H,5-8H2,1-4H3. The van der Waals surface area contributed by atoms with Crippen LogP contribution in [0.2, 0.25) is 5.02 Å². The van der Waals surface area contributed by atoms with Crippen LogP contribution in [0.4, 0.5) is 0 Å². The van der Waals surface area contributed by atoms with Gasteiger partial charge in [0.2, 0.25) is 0 Å². The molecular formula is C17H24BrCl. The van der Waals surface area contributed by atoms with E-state index in [0.29, 0.717) is 16.2 Å². The summed E-state index contributed by atoms with van der Waals surface area (Å²) in [7, 11) is 0. The predicted octanol–water partition coefficient (Wildman–Crippen LogP) is 6.61. The van der Waals surface area contributed by atoms with Gasteiger partial charge in [-0.25, -0.2) is 0 Å². The largest absolute Gasteiger partial charge is 0.0840 e. The Morgan fingerprint density at radius 1 is 1.21 bits per heavy atom. The summed E-state index contributed by atoms with van der Waals surface area (Å²) in [4.78, 5) is 0.370. The lowest BCUT2D eigenvalue weighted by molar-refractivity contribution is 0.136. The van der Waals surface area contributed by atoms with E-state index in [2.05, 4.69) is 55.8 Å². The molecule has 1 aliphatic carbocycles. The fraction of sp³-hybridized carbons (Fsp3) is 0.647. The molecule has 0 heterocycles. The number of hydrogen-bond donors (Lipinski definition) is 0. The second kappa shape index (κ2) is 5.77. The molecule has 1 fully saturated rings. The van der Waals surface area contributed by atoms with E-state index in [0.717, 1.165) is 5.02 Å². The molecule has 0 radical (unpaired) electrons. The van der Waals surface area contributed by atoms with Crippen molar-refractivity contribution in [2.75, 3.05) is 0 Å². The molecule has 2 atom stereocenters. The van der Waals surface area contributed by atoms with Crippen LogP contribution in [0.3, 0.4) is 0 Å². The van der Waals surface area contributed by atoms with Gasteiger partial charge in [-0.2, -0.15) is 0 Å². The minimum absolute atomic E-state index is 0.370. The SMILES string of the molecule is Cc1cc(Cl)c(C(Br)C2CCCCC2(C)C)cc1C. The molecule has 0 spiro atoms. The number of hydrogen-bond acceptors (Lipinski definition) is 0. The van der Waals surface area contributed by atoms with E-state index in [4.69, 9.17) is 11.6 Å². The number of benzene rings is 1. The van der Waals surface area contributed by atoms with Gasteiger partial charge in [0, 0.05) is 9.85 Å². The van der Waals surface area contributed by atoms with E-state index in [1.807, 2.05) is 0 Å². The first-order chi connectivity index (χ1) is 8.83. The van der Waals surface area contributed by atoms with Crippen LogP contribution in [0.1, 0.15) is 61.0 Å². The number of alkyl halides is 1. The van der Waals surface area contributed by atoms with E-state index in [1.54, 1.807) is 0 Å². The Hall–Kier alpha value is -0.0100. The summed E-state index contributed by atoms with van der Waals surface area (Å²) < 4.78 is 0. The molecule has 19 heavy (non-hydrogen) atoms. The van der Waals surface area contributed by atoms with Crippen molar-refractivity contribution in [3.63, 3.8) is 0 Å². The topological polar surface area (TPSA) is 0 Å². The lowest BCUT2D eigenvalue weighted by Gasteiger charge is -2.41. The van der Waals surface area contributed by atoms with Gasteiger partial charge in [0.1, 0.15) is 0 Å². The highest BCUT2D eigenvalue weighted by Gasteiger charge is 2.37. The van der Waals surface area contributed by atoms with E-state index in [-0.39, 0.29) is 0 Å². The minimum atomic E-state index is 0.370. The average molecular weight is 344 g/mol. The lowest BCUT2D eigenvalue weighted by Crippen LogP contribution is -2.30. The van der Waals surface area contributed by atoms with Gasteiger partial charge in [-0.05, 0) is 60.8 Å². The van der Waals surface area contributed by atoms with Crippen molar-refractivity contribution in [1.82, 2.24) is 0 Å². The first kappa shape index (κ1) is 15.4. The Kier molecular flexibility index (Phi) is 4.67. The average Bonchev–Trinajstić information content (AvgIpc) is 2.32. The normalized spacial score (nSPS) is 24.2. The summed E-state index contributed by atoms with van der Waals surface area (Å²) >= 11 is 10.4. The summed E-state index contributed by atoms with van der Waals surface area (Å²) in [6.07, 6.45) is 5.33. The predicted molar refractivity (Wildman–Crippen MR) is 88.3 cm³/mol. The molecule has 2 heteroatoms. The zero-order chi connectivity index (χ0) is 14.2. The third kappa shape index (κ3) is 3.19. The second-order valence-electron chi connectivity index (χ2n) is 6.70. The van der Waals surface area contributed by atoms with Crippen molar-refractivity contribution in [2.24, 2.45) is 11.3 Å². The third-order valence-electron chi connectivity index (χ3n) is 4.85. The van der Waals surface area contributed by atoms with Gasteiger partial charge in [-0.1, -0.05) is 60.3 Å². The Morgan fingerprint density at radius 2 is 1.84 bits per heavy atom. The molecule has 1 aromatic rings. The van der Waals surface area contributed by atoms with Crippen LogP contribution in [0.5, 0.6) is 0 Å². The Morgan fingerprint density at radius 3 is 2.47 bits per heavy atom. The quantitative estimate of drug-likeness (QED) is 0.530. The van der Waals surface area contributed by atoms with Crippen molar-refractivity contribution in [1.29, 1.82) is 0 Å². The van der Waals surface area contributed by atoms with E-state index in [1.165, 1.54) is 42.4 Å². The Balaban J connectivity index is 2.33. The van der Waals surface area contributed by atoms with Crippen LogP contribution in [-0.4, -0.2) is 0 Å². The van der Waals surface area contributed by atoms with Crippen molar-refractivity contribution >= 4 is 27.5 Å². The van der Waals surface area contributed by atoms with E-state index in [9.17, 15) is 0 Å². The third-order valence-corrected chi connectivity index (χ3v) is 6.31. The summed E-state index contributed by atoms with van der Waals surface area (Å²) in [5, 5.41) is 0.909. The number of aryl methyl sites for hydroxylation is 2. The first-order valence-electron chi connectivity index (χ1n) is 7.23. The summed E-state index contributed by atoms with van der Waals surface area (Å²) in [5.41, 5.74) is 4.27. The summed E-state index contributed by atoms with van der Waals surface area (Å²) in [5.74, 6) is 0.667. The number of rotatable bonds is 2. The number of halogens is 2. The van der Waals surface area contributed by atoms with Gasteiger partial charge in [-0.3, -0.25) is 0 Å². The zero-order valence-corrected chi connectivity index (χ0v) is 14.7. The molecule has 0 aliphatic heterocycles. The van der Waals surface area contributed by atoms with Gasteiger partial charge < -0.3 is 0 Å². The molecule has 0 aromatic heterocycles. The van der Waals surface area contributed by atoms with Crippen LogP contribution < -0.4 is 0 Å². The molecule has 1 saturated carbocycles. The molecule has 2 unspecified atom stereocenters. The fourth-order valence-corrected chi connectivity index (χ4v) is 5.12. The van der Waals surface area contributed by atoms with Gasteiger partial charge >= 0.3 is 0 Å². The zero-order valence-electron chi connectivity index (χ0n) is 12.4. The Bertz CT molecular complexity index is 465. The molecule has 2 rings (SSSR count). The maximum atomic E-state index is 6.48. The van der Waals surface area contributed by atoms with Crippen LogP contribution in [-0.2, 0) is 0 Å². The lowest BCUT2D eigenvalue weighted by atomic mass is 9.66. The molecular weight excluding hydrogens is 320 g/mol. The van der Waals surface area contributed by atoms with Crippen LogP contribution in [0.15, 0.2) is 12.1 Å². The molecule has 0 saturated heterocycles. The van der Waals surface area contributed by atoms with Crippen LogP contribution in [0, 0.1) is 25.2 Å².